The van der Waals surface area contributed by atoms with Gasteiger partial charge in [0.25, 0.3) is 0 Å². The molecule has 1 nitrogen and oxygen atoms in total. The molecule has 12 heavy (non-hydrogen) atoms. The molecule has 0 unspecified atom stereocenters. The number of aryl methyl sites for hydroxylation is 1. The molecular formula is C11H19N. The zero-order valence-electron chi connectivity index (χ0n) is 8.46. The second-order valence-electron chi connectivity index (χ2n) is 3.59. The van der Waals surface area contributed by atoms with Gasteiger partial charge in [-0.05, 0) is 24.5 Å². The third-order valence-corrected chi connectivity index (χ3v) is 1.19. The topological polar surface area (TPSA) is 26.0 Å². The quantitative estimate of drug-likeness (QED) is 0.587. The maximum atomic E-state index is 5.52. The van der Waals surface area contributed by atoms with Crippen molar-refractivity contribution in [3.63, 3.8) is 0 Å². The van der Waals surface area contributed by atoms with Crippen molar-refractivity contribution < 1.29 is 0 Å². The molecule has 68 valence electrons. The molecule has 1 rings (SSSR count). The van der Waals surface area contributed by atoms with E-state index in [1.807, 2.05) is 31.2 Å². The minimum Gasteiger partial charge on any atom is -0.399 e. The Morgan fingerprint density at radius 2 is 1.50 bits per heavy atom. The molecule has 0 aromatic heterocycles. The average Bonchev–Trinajstić information content (AvgIpc) is 1.94. The summed E-state index contributed by atoms with van der Waals surface area (Å²) < 4.78 is 0. The third kappa shape index (κ3) is 5.78. The van der Waals surface area contributed by atoms with Crippen LogP contribution in [0.4, 0.5) is 5.69 Å². The predicted molar refractivity (Wildman–Crippen MR) is 56.1 cm³/mol. The number of hydrogen-bond acceptors (Lipinski definition) is 1. The Bertz CT molecular complexity index is 192. The first-order valence-corrected chi connectivity index (χ1v) is 4.35. The van der Waals surface area contributed by atoms with Crippen LogP contribution in [-0.4, -0.2) is 0 Å². The fourth-order valence-corrected chi connectivity index (χ4v) is 0.587. The Hall–Kier alpha value is -0.980. The molecular weight excluding hydrogens is 146 g/mol. The summed E-state index contributed by atoms with van der Waals surface area (Å²) in [7, 11) is 0. The van der Waals surface area contributed by atoms with Crippen LogP contribution in [0.2, 0.25) is 0 Å². The summed E-state index contributed by atoms with van der Waals surface area (Å²) in [4.78, 5) is 0. The van der Waals surface area contributed by atoms with Gasteiger partial charge in [-0.1, -0.05) is 39.0 Å². The van der Waals surface area contributed by atoms with Gasteiger partial charge in [-0.2, -0.15) is 0 Å². The highest BCUT2D eigenvalue weighted by molar-refractivity contribution is 5.44. The second-order valence-corrected chi connectivity index (χ2v) is 3.59. The van der Waals surface area contributed by atoms with Crippen molar-refractivity contribution in [2.24, 2.45) is 5.92 Å². The molecule has 2 N–H and O–H groups in total. The second kappa shape index (κ2) is 5.64. The highest BCUT2D eigenvalue weighted by Gasteiger charge is 1.84. The number of rotatable bonds is 0. The molecule has 1 heteroatoms. The monoisotopic (exact) mass is 165 g/mol. The van der Waals surface area contributed by atoms with Crippen LogP contribution in [0.5, 0.6) is 0 Å². The molecule has 0 amide bonds. The van der Waals surface area contributed by atoms with Crippen LogP contribution >= 0.6 is 0 Å². The number of nitrogen functional groups attached to an aromatic ring is 1. The average molecular weight is 165 g/mol. The lowest BCUT2D eigenvalue weighted by Crippen LogP contribution is -1.85. The Labute approximate surface area is 75.6 Å². The van der Waals surface area contributed by atoms with E-state index in [0.717, 1.165) is 17.2 Å². The van der Waals surface area contributed by atoms with Crippen molar-refractivity contribution >= 4 is 5.69 Å². The summed E-state index contributed by atoms with van der Waals surface area (Å²) >= 11 is 0. The van der Waals surface area contributed by atoms with Gasteiger partial charge in [-0.25, -0.2) is 0 Å². The molecule has 0 aliphatic heterocycles. The van der Waals surface area contributed by atoms with Crippen molar-refractivity contribution in [3.8, 4) is 0 Å². The van der Waals surface area contributed by atoms with Gasteiger partial charge in [-0.15, -0.1) is 0 Å². The smallest absolute Gasteiger partial charge is 0.0343 e. The molecule has 0 heterocycles. The predicted octanol–water partition coefficient (Wildman–Crippen LogP) is 3.24. The van der Waals surface area contributed by atoms with E-state index in [1.165, 1.54) is 0 Å². The van der Waals surface area contributed by atoms with E-state index >= 15 is 0 Å². The maximum Gasteiger partial charge on any atom is 0.0343 e. The number of para-hydroxylation sites is 1. The van der Waals surface area contributed by atoms with Crippen LogP contribution in [0.3, 0.4) is 0 Å². The van der Waals surface area contributed by atoms with Crippen molar-refractivity contribution in [2.45, 2.75) is 27.7 Å². The lowest BCUT2D eigenvalue weighted by Gasteiger charge is -1.93. The first-order chi connectivity index (χ1) is 5.54. The first-order valence-electron chi connectivity index (χ1n) is 4.35. The van der Waals surface area contributed by atoms with Gasteiger partial charge in [-0.3, -0.25) is 0 Å². The Kier molecular flexibility index (Phi) is 5.18. The van der Waals surface area contributed by atoms with E-state index in [-0.39, 0.29) is 0 Å². The van der Waals surface area contributed by atoms with E-state index in [0.29, 0.717) is 0 Å². The summed E-state index contributed by atoms with van der Waals surface area (Å²) in [5, 5.41) is 0. The molecule has 0 saturated heterocycles. The fourth-order valence-electron chi connectivity index (χ4n) is 0.587. The number of anilines is 1. The third-order valence-electron chi connectivity index (χ3n) is 1.19. The van der Waals surface area contributed by atoms with E-state index in [2.05, 4.69) is 20.8 Å². The highest BCUT2D eigenvalue weighted by atomic mass is 14.5. The van der Waals surface area contributed by atoms with E-state index in [9.17, 15) is 0 Å². The van der Waals surface area contributed by atoms with Crippen molar-refractivity contribution in [1.82, 2.24) is 0 Å². The summed E-state index contributed by atoms with van der Waals surface area (Å²) in [6.07, 6.45) is 0. The SMILES string of the molecule is CC(C)C.Cc1ccccc1N. The van der Waals surface area contributed by atoms with E-state index < -0.39 is 0 Å². The van der Waals surface area contributed by atoms with Crippen LogP contribution in [0.15, 0.2) is 24.3 Å². The molecule has 0 bridgehead atoms. The van der Waals surface area contributed by atoms with Gasteiger partial charge in [0, 0.05) is 5.69 Å². The molecule has 0 aliphatic rings. The van der Waals surface area contributed by atoms with Crippen LogP contribution in [0.25, 0.3) is 0 Å². The van der Waals surface area contributed by atoms with Gasteiger partial charge < -0.3 is 5.73 Å². The van der Waals surface area contributed by atoms with Gasteiger partial charge >= 0.3 is 0 Å². The molecule has 1 aromatic carbocycles. The normalized spacial score (nSPS) is 9.08. The Morgan fingerprint density at radius 3 is 1.75 bits per heavy atom. The van der Waals surface area contributed by atoms with Gasteiger partial charge in [0.1, 0.15) is 0 Å². The van der Waals surface area contributed by atoms with E-state index in [4.69, 9.17) is 5.73 Å². The molecule has 0 aliphatic carbocycles. The maximum absolute atomic E-state index is 5.52. The summed E-state index contributed by atoms with van der Waals surface area (Å²) in [6, 6.07) is 7.80. The molecule has 0 radical (unpaired) electrons. The molecule has 0 atom stereocenters. The highest BCUT2D eigenvalue weighted by Crippen LogP contribution is 2.06. The zero-order valence-corrected chi connectivity index (χ0v) is 8.46. The minimum atomic E-state index is 0.833. The molecule has 0 saturated carbocycles. The molecule has 1 aromatic rings. The van der Waals surface area contributed by atoms with Crippen molar-refractivity contribution in [2.75, 3.05) is 5.73 Å². The summed E-state index contributed by atoms with van der Waals surface area (Å²) in [5.41, 5.74) is 7.53. The van der Waals surface area contributed by atoms with E-state index in [1.54, 1.807) is 0 Å². The Balaban J connectivity index is 0.000000261. The standard InChI is InChI=1S/C7H9N.C4H10/c1-6-4-2-3-5-7(6)8;1-4(2)3/h2-5H,8H2,1H3;4H,1-3H3. The van der Waals surface area contributed by atoms with Crippen molar-refractivity contribution in [1.29, 1.82) is 0 Å². The van der Waals surface area contributed by atoms with Crippen LogP contribution in [0, 0.1) is 12.8 Å². The first kappa shape index (κ1) is 11.0. The lowest BCUT2D eigenvalue weighted by atomic mass is 10.2. The Morgan fingerprint density at radius 1 is 1.08 bits per heavy atom. The number of hydrogen-bond donors (Lipinski definition) is 1. The van der Waals surface area contributed by atoms with Crippen LogP contribution < -0.4 is 5.73 Å². The molecule has 0 fully saturated rings. The van der Waals surface area contributed by atoms with Gasteiger partial charge in [0.15, 0.2) is 0 Å². The largest absolute Gasteiger partial charge is 0.399 e. The zero-order chi connectivity index (χ0) is 9.56. The fraction of sp³-hybridized carbons (Fsp3) is 0.455. The minimum absolute atomic E-state index is 0.833. The van der Waals surface area contributed by atoms with Crippen LogP contribution in [-0.2, 0) is 0 Å². The van der Waals surface area contributed by atoms with Gasteiger partial charge in [0.2, 0.25) is 0 Å². The summed E-state index contributed by atoms with van der Waals surface area (Å²) in [6.45, 7) is 8.50. The lowest BCUT2D eigenvalue weighted by molar-refractivity contribution is 0.737. The molecule has 0 spiro atoms. The van der Waals surface area contributed by atoms with Crippen molar-refractivity contribution in [3.05, 3.63) is 29.8 Å². The van der Waals surface area contributed by atoms with Crippen LogP contribution in [0.1, 0.15) is 26.3 Å². The summed E-state index contributed by atoms with van der Waals surface area (Å²) in [5.74, 6) is 0.833. The number of nitrogens with two attached hydrogens (primary N) is 1. The van der Waals surface area contributed by atoms with Gasteiger partial charge in [0.05, 0.1) is 0 Å². The number of benzene rings is 1.